The molecule has 24 heavy (non-hydrogen) atoms. The second-order valence-corrected chi connectivity index (χ2v) is 6.45. The Balaban J connectivity index is 1.74. The van der Waals surface area contributed by atoms with E-state index in [0.717, 1.165) is 5.69 Å². The Morgan fingerprint density at radius 1 is 1.08 bits per heavy atom. The molecule has 0 fully saturated rings. The van der Waals surface area contributed by atoms with Gasteiger partial charge in [0.15, 0.2) is 5.16 Å². The molecule has 1 aromatic heterocycles. The second kappa shape index (κ2) is 7.64. The molecular formula is C18H14ClFN2OS. The highest BCUT2D eigenvalue weighted by Gasteiger charge is 2.08. The fourth-order valence-electron chi connectivity index (χ4n) is 2.01. The van der Waals surface area contributed by atoms with Gasteiger partial charge >= 0.3 is 0 Å². The van der Waals surface area contributed by atoms with Crippen LogP contribution in [0.2, 0.25) is 5.02 Å². The lowest BCUT2D eigenvalue weighted by Gasteiger charge is -2.08. The highest BCUT2D eigenvalue weighted by Crippen LogP contribution is 2.26. The highest BCUT2D eigenvalue weighted by atomic mass is 35.5. The number of halogens is 2. The molecule has 0 saturated carbocycles. The van der Waals surface area contributed by atoms with Crippen LogP contribution in [0.3, 0.4) is 0 Å². The van der Waals surface area contributed by atoms with Gasteiger partial charge in [-0.2, -0.15) is 4.98 Å². The Morgan fingerprint density at radius 3 is 2.58 bits per heavy atom. The molecule has 0 saturated heterocycles. The molecule has 3 nitrogen and oxygen atoms in total. The number of aromatic nitrogens is 2. The van der Waals surface area contributed by atoms with Crippen LogP contribution in [0.5, 0.6) is 11.6 Å². The van der Waals surface area contributed by atoms with Crippen LogP contribution >= 0.6 is 23.4 Å². The number of ether oxygens (including phenoxy) is 1. The fraction of sp³-hybridized carbons (Fsp3) is 0.111. The summed E-state index contributed by atoms with van der Waals surface area (Å²) in [5.74, 6) is 1.31. The van der Waals surface area contributed by atoms with Crippen LogP contribution in [0.15, 0.2) is 59.8 Å². The van der Waals surface area contributed by atoms with Crippen LogP contribution in [-0.4, -0.2) is 9.97 Å². The van der Waals surface area contributed by atoms with Crippen LogP contribution < -0.4 is 4.74 Å². The van der Waals surface area contributed by atoms with Crippen LogP contribution in [-0.2, 0) is 5.75 Å². The van der Waals surface area contributed by atoms with E-state index in [0.29, 0.717) is 33.1 Å². The largest absolute Gasteiger partial charge is 0.439 e. The van der Waals surface area contributed by atoms with E-state index in [2.05, 4.69) is 9.97 Å². The smallest absolute Gasteiger partial charge is 0.223 e. The minimum absolute atomic E-state index is 0.227. The van der Waals surface area contributed by atoms with Crippen molar-refractivity contribution in [3.8, 4) is 11.6 Å². The standard InChI is InChI=1S/C18H14ClFN2OS/c1-12-10-17(23-15-8-6-14(19)7-9-15)22-18(21-12)24-11-13-4-2-3-5-16(13)20/h2-10H,11H2,1H3. The molecule has 0 aliphatic rings. The number of benzene rings is 2. The van der Waals surface area contributed by atoms with Crippen molar-refractivity contribution >= 4 is 23.4 Å². The van der Waals surface area contributed by atoms with Crippen LogP contribution in [0, 0.1) is 12.7 Å². The Hall–Kier alpha value is -2.11. The van der Waals surface area contributed by atoms with Crippen LogP contribution in [0.25, 0.3) is 0 Å². The molecule has 0 amide bonds. The minimum Gasteiger partial charge on any atom is -0.439 e. The number of aryl methyl sites for hydroxylation is 1. The topological polar surface area (TPSA) is 35.0 Å². The molecule has 0 aliphatic heterocycles. The van der Waals surface area contributed by atoms with Crippen LogP contribution in [0.1, 0.15) is 11.3 Å². The van der Waals surface area contributed by atoms with Gasteiger partial charge in [0.25, 0.3) is 0 Å². The number of rotatable bonds is 5. The summed E-state index contributed by atoms with van der Waals surface area (Å²) < 4.78 is 19.4. The summed E-state index contributed by atoms with van der Waals surface area (Å²) in [6, 6.07) is 15.5. The predicted octanol–water partition coefficient (Wildman–Crippen LogP) is 5.66. The third kappa shape index (κ3) is 4.46. The number of hydrogen-bond acceptors (Lipinski definition) is 4. The normalized spacial score (nSPS) is 10.6. The van der Waals surface area contributed by atoms with E-state index in [1.165, 1.54) is 17.8 Å². The maximum Gasteiger partial charge on any atom is 0.223 e. The fourth-order valence-corrected chi connectivity index (χ4v) is 3.02. The van der Waals surface area contributed by atoms with Crippen molar-refractivity contribution in [2.24, 2.45) is 0 Å². The average Bonchev–Trinajstić information content (AvgIpc) is 2.56. The molecule has 2 aromatic carbocycles. The van der Waals surface area contributed by atoms with Crippen molar-refractivity contribution < 1.29 is 9.13 Å². The third-order valence-corrected chi connectivity index (χ3v) is 4.31. The minimum atomic E-state index is -0.227. The molecule has 0 unspecified atom stereocenters. The van der Waals surface area contributed by atoms with E-state index in [-0.39, 0.29) is 5.82 Å². The summed E-state index contributed by atoms with van der Waals surface area (Å²) in [6.07, 6.45) is 0. The van der Waals surface area contributed by atoms with E-state index >= 15 is 0 Å². The summed E-state index contributed by atoms with van der Waals surface area (Å²) in [7, 11) is 0. The zero-order valence-electron chi connectivity index (χ0n) is 12.9. The van der Waals surface area contributed by atoms with Crippen molar-refractivity contribution in [3.05, 3.63) is 76.7 Å². The van der Waals surface area contributed by atoms with Crippen molar-refractivity contribution in [3.63, 3.8) is 0 Å². The van der Waals surface area contributed by atoms with Crippen molar-refractivity contribution in [1.82, 2.24) is 9.97 Å². The summed E-state index contributed by atoms with van der Waals surface area (Å²) in [5.41, 5.74) is 1.40. The second-order valence-electron chi connectivity index (χ2n) is 5.07. The van der Waals surface area contributed by atoms with Gasteiger partial charge in [0, 0.05) is 22.5 Å². The van der Waals surface area contributed by atoms with Gasteiger partial charge in [0.05, 0.1) is 0 Å². The first-order chi connectivity index (χ1) is 11.6. The van der Waals surface area contributed by atoms with E-state index < -0.39 is 0 Å². The molecular weight excluding hydrogens is 347 g/mol. The van der Waals surface area contributed by atoms with Gasteiger partial charge in [-0.15, -0.1) is 0 Å². The average molecular weight is 361 g/mol. The molecule has 122 valence electrons. The number of hydrogen-bond donors (Lipinski definition) is 0. The van der Waals surface area contributed by atoms with Crippen molar-refractivity contribution in [2.75, 3.05) is 0 Å². The lowest BCUT2D eigenvalue weighted by atomic mass is 10.2. The van der Waals surface area contributed by atoms with E-state index in [9.17, 15) is 4.39 Å². The SMILES string of the molecule is Cc1cc(Oc2ccc(Cl)cc2)nc(SCc2ccccc2F)n1. The Morgan fingerprint density at radius 2 is 1.83 bits per heavy atom. The lowest BCUT2D eigenvalue weighted by Crippen LogP contribution is -1.96. The van der Waals surface area contributed by atoms with Gasteiger partial charge in [-0.25, -0.2) is 9.37 Å². The predicted molar refractivity (Wildman–Crippen MR) is 94.3 cm³/mol. The van der Waals surface area contributed by atoms with Gasteiger partial charge < -0.3 is 4.74 Å². The summed E-state index contributed by atoms with van der Waals surface area (Å²) >= 11 is 7.23. The maximum absolute atomic E-state index is 13.7. The van der Waals surface area contributed by atoms with Gasteiger partial charge in [-0.05, 0) is 42.8 Å². The molecule has 0 N–H and O–H groups in total. The molecule has 0 aliphatic carbocycles. The third-order valence-electron chi connectivity index (χ3n) is 3.16. The number of nitrogens with zero attached hydrogens (tertiary/aromatic N) is 2. The first kappa shape index (κ1) is 16.7. The molecule has 3 rings (SSSR count). The molecule has 0 spiro atoms. The summed E-state index contributed by atoms with van der Waals surface area (Å²) in [6.45, 7) is 1.86. The molecule has 0 bridgehead atoms. The molecule has 3 aromatic rings. The monoisotopic (exact) mass is 360 g/mol. The van der Waals surface area contributed by atoms with Gasteiger partial charge in [-0.3, -0.25) is 0 Å². The highest BCUT2D eigenvalue weighted by molar-refractivity contribution is 7.98. The molecule has 0 atom stereocenters. The Bertz CT molecular complexity index is 843. The van der Waals surface area contributed by atoms with E-state index in [1.807, 2.05) is 13.0 Å². The van der Waals surface area contributed by atoms with E-state index in [4.69, 9.17) is 16.3 Å². The van der Waals surface area contributed by atoms with Gasteiger partial charge in [0.2, 0.25) is 5.88 Å². The maximum atomic E-state index is 13.7. The lowest BCUT2D eigenvalue weighted by molar-refractivity contribution is 0.454. The van der Waals surface area contributed by atoms with Crippen LogP contribution in [0.4, 0.5) is 4.39 Å². The van der Waals surface area contributed by atoms with Gasteiger partial charge in [-0.1, -0.05) is 41.6 Å². The zero-order chi connectivity index (χ0) is 16.9. The zero-order valence-corrected chi connectivity index (χ0v) is 14.4. The Labute approximate surface area is 148 Å². The summed E-state index contributed by atoms with van der Waals surface area (Å²) in [4.78, 5) is 8.73. The van der Waals surface area contributed by atoms with E-state index in [1.54, 1.807) is 42.5 Å². The van der Waals surface area contributed by atoms with Gasteiger partial charge in [0.1, 0.15) is 11.6 Å². The summed E-state index contributed by atoms with van der Waals surface area (Å²) in [5, 5.41) is 1.18. The molecule has 0 radical (unpaired) electrons. The number of thioether (sulfide) groups is 1. The molecule has 1 heterocycles. The Kier molecular flexibility index (Phi) is 5.33. The first-order valence-corrected chi connectivity index (χ1v) is 8.62. The van der Waals surface area contributed by atoms with Crippen molar-refractivity contribution in [1.29, 1.82) is 0 Å². The first-order valence-electron chi connectivity index (χ1n) is 7.25. The quantitative estimate of drug-likeness (QED) is 0.434. The van der Waals surface area contributed by atoms with Crippen molar-refractivity contribution in [2.45, 2.75) is 17.8 Å². The molecule has 6 heteroatoms.